The minimum Gasteiger partial charge on any atom is -0.491 e. The molecule has 1 N–H and O–H groups in total. The van der Waals surface area contributed by atoms with Gasteiger partial charge in [0.15, 0.2) is 0 Å². The van der Waals surface area contributed by atoms with Crippen LogP contribution in [0.2, 0.25) is 0 Å². The molecule has 104 valence electrons. The molecule has 3 rings (SSSR count). The Morgan fingerprint density at radius 1 is 1.26 bits per heavy atom. The Morgan fingerprint density at radius 2 is 2.11 bits per heavy atom. The van der Waals surface area contributed by atoms with Crippen LogP contribution in [0.15, 0.2) is 18.2 Å². The highest BCUT2D eigenvalue weighted by atomic mass is 16.5. The predicted octanol–water partition coefficient (Wildman–Crippen LogP) is 3.47. The molecule has 0 saturated heterocycles. The number of rotatable bonds is 7. The van der Waals surface area contributed by atoms with E-state index in [1.54, 1.807) is 0 Å². The van der Waals surface area contributed by atoms with E-state index in [1.807, 2.05) is 0 Å². The van der Waals surface area contributed by atoms with Crippen LogP contribution >= 0.6 is 0 Å². The summed E-state index contributed by atoms with van der Waals surface area (Å²) >= 11 is 0. The van der Waals surface area contributed by atoms with Crippen LogP contribution < -0.4 is 10.1 Å². The van der Waals surface area contributed by atoms with Crippen molar-refractivity contribution >= 4 is 0 Å². The van der Waals surface area contributed by atoms with Crippen molar-refractivity contribution in [2.24, 2.45) is 0 Å². The van der Waals surface area contributed by atoms with E-state index in [0.29, 0.717) is 6.10 Å². The van der Waals surface area contributed by atoms with Crippen LogP contribution in [0.1, 0.15) is 50.2 Å². The van der Waals surface area contributed by atoms with E-state index in [0.717, 1.165) is 24.8 Å². The minimum atomic E-state index is 0.320. The highest BCUT2D eigenvalue weighted by Crippen LogP contribution is 2.26. The van der Waals surface area contributed by atoms with Gasteiger partial charge in [-0.05, 0) is 81.7 Å². The Balaban J connectivity index is 1.41. The van der Waals surface area contributed by atoms with Gasteiger partial charge in [0.25, 0.3) is 0 Å². The maximum absolute atomic E-state index is 6.03. The van der Waals surface area contributed by atoms with Crippen molar-refractivity contribution in [1.82, 2.24) is 5.32 Å². The van der Waals surface area contributed by atoms with Crippen LogP contribution in [-0.4, -0.2) is 18.7 Å². The van der Waals surface area contributed by atoms with Gasteiger partial charge in [0, 0.05) is 6.04 Å². The molecule has 1 unspecified atom stereocenters. The molecule has 0 spiro atoms. The topological polar surface area (TPSA) is 21.3 Å². The number of benzene rings is 1. The van der Waals surface area contributed by atoms with Crippen molar-refractivity contribution in [3.05, 3.63) is 29.3 Å². The van der Waals surface area contributed by atoms with Gasteiger partial charge in [0.1, 0.15) is 5.75 Å². The molecular weight excluding hydrogens is 234 g/mol. The van der Waals surface area contributed by atoms with Gasteiger partial charge in [-0.25, -0.2) is 0 Å². The maximum Gasteiger partial charge on any atom is 0.119 e. The fourth-order valence-corrected chi connectivity index (χ4v) is 2.90. The SMILES string of the molecule is CC(CCCNC1CC1)Oc1ccc2c(c1)CCC2. The normalized spacial score (nSPS) is 19.2. The summed E-state index contributed by atoms with van der Waals surface area (Å²) in [5, 5.41) is 3.55. The van der Waals surface area contributed by atoms with Crippen molar-refractivity contribution in [3.8, 4) is 5.75 Å². The Kier molecular flexibility index (Phi) is 4.07. The van der Waals surface area contributed by atoms with Crippen LogP contribution in [0.3, 0.4) is 0 Å². The lowest BCUT2D eigenvalue weighted by molar-refractivity contribution is 0.207. The third-order valence-corrected chi connectivity index (χ3v) is 4.21. The summed E-state index contributed by atoms with van der Waals surface area (Å²) in [6, 6.07) is 7.47. The van der Waals surface area contributed by atoms with Gasteiger partial charge < -0.3 is 10.1 Å². The van der Waals surface area contributed by atoms with Crippen LogP contribution in [0.5, 0.6) is 5.75 Å². The molecule has 0 heterocycles. The number of ether oxygens (including phenoxy) is 1. The third kappa shape index (κ3) is 3.73. The minimum absolute atomic E-state index is 0.320. The molecule has 19 heavy (non-hydrogen) atoms. The Hall–Kier alpha value is -1.02. The fourth-order valence-electron chi connectivity index (χ4n) is 2.90. The average molecular weight is 259 g/mol. The molecule has 0 amide bonds. The first-order valence-corrected chi connectivity index (χ1v) is 7.83. The van der Waals surface area contributed by atoms with Gasteiger partial charge in [-0.15, -0.1) is 0 Å². The standard InChI is InChI=1S/C17H25NO/c1-13(4-3-11-18-16-8-9-16)19-17-10-7-14-5-2-6-15(14)12-17/h7,10,12-13,16,18H,2-6,8-9,11H2,1H3. The molecule has 2 heteroatoms. The summed E-state index contributed by atoms with van der Waals surface area (Å²) in [4.78, 5) is 0. The Morgan fingerprint density at radius 3 is 2.95 bits per heavy atom. The van der Waals surface area contributed by atoms with Gasteiger partial charge in [0.2, 0.25) is 0 Å². The number of nitrogens with one attached hydrogen (secondary N) is 1. The van der Waals surface area contributed by atoms with Gasteiger partial charge in [0.05, 0.1) is 6.10 Å². The lowest BCUT2D eigenvalue weighted by Crippen LogP contribution is -2.20. The second-order valence-corrected chi connectivity index (χ2v) is 6.08. The van der Waals surface area contributed by atoms with Gasteiger partial charge in [-0.2, -0.15) is 0 Å². The average Bonchev–Trinajstić information content (AvgIpc) is 3.11. The van der Waals surface area contributed by atoms with E-state index in [1.165, 1.54) is 49.7 Å². The van der Waals surface area contributed by atoms with Crippen molar-refractivity contribution in [2.75, 3.05) is 6.54 Å². The summed E-state index contributed by atoms with van der Waals surface area (Å²) < 4.78 is 6.03. The maximum atomic E-state index is 6.03. The summed E-state index contributed by atoms with van der Waals surface area (Å²) in [7, 11) is 0. The molecule has 1 aromatic rings. The highest BCUT2D eigenvalue weighted by molar-refractivity contribution is 5.38. The molecule has 1 aromatic carbocycles. The number of hydrogen-bond acceptors (Lipinski definition) is 2. The molecule has 2 aliphatic rings. The lowest BCUT2D eigenvalue weighted by atomic mass is 10.1. The van der Waals surface area contributed by atoms with E-state index in [4.69, 9.17) is 4.74 Å². The summed E-state index contributed by atoms with van der Waals surface area (Å²) in [5.74, 6) is 1.06. The van der Waals surface area contributed by atoms with Crippen LogP contribution in [0.25, 0.3) is 0 Å². The van der Waals surface area contributed by atoms with E-state index in [2.05, 4.69) is 30.4 Å². The monoisotopic (exact) mass is 259 g/mol. The second kappa shape index (κ2) is 5.96. The van der Waals surface area contributed by atoms with Crippen molar-refractivity contribution < 1.29 is 4.74 Å². The first-order valence-electron chi connectivity index (χ1n) is 7.83. The highest BCUT2D eigenvalue weighted by Gasteiger charge is 2.19. The van der Waals surface area contributed by atoms with Crippen LogP contribution in [0.4, 0.5) is 0 Å². The molecule has 0 aliphatic heterocycles. The fraction of sp³-hybridized carbons (Fsp3) is 0.647. The summed E-state index contributed by atoms with van der Waals surface area (Å²) in [6.07, 6.45) is 9.20. The zero-order valence-electron chi connectivity index (χ0n) is 12.0. The van der Waals surface area contributed by atoms with E-state index in [9.17, 15) is 0 Å². The summed E-state index contributed by atoms with van der Waals surface area (Å²) in [6.45, 7) is 3.33. The van der Waals surface area contributed by atoms with E-state index < -0.39 is 0 Å². The molecular formula is C17H25NO. The number of fused-ring (bicyclic) bond motifs is 1. The molecule has 1 fully saturated rings. The van der Waals surface area contributed by atoms with Gasteiger partial charge >= 0.3 is 0 Å². The van der Waals surface area contributed by atoms with Crippen LogP contribution in [-0.2, 0) is 12.8 Å². The molecule has 2 aliphatic carbocycles. The third-order valence-electron chi connectivity index (χ3n) is 4.21. The van der Waals surface area contributed by atoms with Gasteiger partial charge in [-0.3, -0.25) is 0 Å². The van der Waals surface area contributed by atoms with Crippen LogP contribution in [0, 0.1) is 0 Å². The predicted molar refractivity (Wildman–Crippen MR) is 78.8 cm³/mol. The quantitative estimate of drug-likeness (QED) is 0.757. The Bertz CT molecular complexity index is 425. The van der Waals surface area contributed by atoms with E-state index in [-0.39, 0.29) is 0 Å². The lowest BCUT2D eigenvalue weighted by Gasteiger charge is -2.15. The number of aryl methyl sites for hydroxylation is 2. The summed E-state index contributed by atoms with van der Waals surface area (Å²) in [5.41, 5.74) is 3.02. The first-order chi connectivity index (χ1) is 9.31. The number of hydrogen-bond donors (Lipinski definition) is 1. The van der Waals surface area contributed by atoms with Crippen molar-refractivity contribution in [1.29, 1.82) is 0 Å². The zero-order chi connectivity index (χ0) is 13.1. The van der Waals surface area contributed by atoms with Gasteiger partial charge in [-0.1, -0.05) is 6.07 Å². The molecule has 0 bridgehead atoms. The largest absolute Gasteiger partial charge is 0.491 e. The van der Waals surface area contributed by atoms with E-state index >= 15 is 0 Å². The molecule has 0 aromatic heterocycles. The van der Waals surface area contributed by atoms with Crippen molar-refractivity contribution in [2.45, 2.75) is 64.0 Å². The second-order valence-electron chi connectivity index (χ2n) is 6.08. The molecule has 0 radical (unpaired) electrons. The molecule has 2 nitrogen and oxygen atoms in total. The zero-order valence-corrected chi connectivity index (χ0v) is 12.0. The smallest absolute Gasteiger partial charge is 0.119 e. The first kappa shape index (κ1) is 13.0. The van der Waals surface area contributed by atoms with Crippen molar-refractivity contribution in [3.63, 3.8) is 0 Å². The molecule has 1 saturated carbocycles. The molecule has 1 atom stereocenters. The Labute approximate surface area is 116 Å².